The molecular formula is C18H20F2N2O. The Balaban J connectivity index is 1.53. The van der Waals surface area contributed by atoms with E-state index in [4.69, 9.17) is 4.74 Å². The highest BCUT2D eigenvalue weighted by molar-refractivity contribution is 5.23. The third-order valence-electron chi connectivity index (χ3n) is 4.17. The number of nitrogens with zero attached hydrogens (tertiary/aromatic N) is 1. The molecule has 0 aliphatic carbocycles. The van der Waals surface area contributed by atoms with Crippen LogP contribution in [0.3, 0.4) is 0 Å². The van der Waals surface area contributed by atoms with Gasteiger partial charge < -0.3 is 10.1 Å². The Morgan fingerprint density at radius 1 is 1.09 bits per heavy atom. The number of rotatable bonds is 5. The van der Waals surface area contributed by atoms with E-state index < -0.39 is 11.6 Å². The van der Waals surface area contributed by atoms with E-state index in [1.165, 1.54) is 12.1 Å². The first-order chi connectivity index (χ1) is 11.2. The Morgan fingerprint density at radius 3 is 2.57 bits per heavy atom. The van der Waals surface area contributed by atoms with Gasteiger partial charge in [-0.2, -0.15) is 0 Å². The minimum absolute atomic E-state index is 0.114. The zero-order chi connectivity index (χ0) is 16.1. The average molecular weight is 318 g/mol. The highest BCUT2D eigenvalue weighted by Crippen LogP contribution is 2.28. The molecule has 0 saturated carbocycles. The molecule has 1 aromatic carbocycles. The van der Waals surface area contributed by atoms with Crippen LogP contribution in [-0.4, -0.2) is 24.7 Å². The van der Waals surface area contributed by atoms with E-state index in [0.717, 1.165) is 31.1 Å². The number of halogens is 2. The SMILES string of the molecule is Fc1cc(F)cc([C@H]2CNC[C@@H](COCc3ccncc3)C2)c1. The van der Waals surface area contributed by atoms with Crippen molar-refractivity contribution in [2.24, 2.45) is 5.92 Å². The first kappa shape index (κ1) is 16.0. The molecule has 0 bridgehead atoms. The molecular weight excluding hydrogens is 298 g/mol. The van der Waals surface area contributed by atoms with Crippen LogP contribution in [0.4, 0.5) is 8.78 Å². The average Bonchev–Trinajstić information content (AvgIpc) is 2.55. The maximum Gasteiger partial charge on any atom is 0.126 e. The van der Waals surface area contributed by atoms with E-state index in [0.29, 0.717) is 24.7 Å². The molecule has 1 N–H and O–H groups in total. The van der Waals surface area contributed by atoms with Crippen LogP contribution in [0, 0.1) is 17.6 Å². The van der Waals surface area contributed by atoms with Crippen LogP contribution >= 0.6 is 0 Å². The predicted octanol–water partition coefficient (Wildman–Crippen LogP) is 3.27. The Morgan fingerprint density at radius 2 is 1.83 bits per heavy atom. The monoisotopic (exact) mass is 318 g/mol. The van der Waals surface area contributed by atoms with Crippen molar-refractivity contribution in [1.29, 1.82) is 0 Å². The molecule has 2 atom stereocenters. The van der Waals surface area contributed by atoms with Gasteiger partial charge in [-0.1, -0.05) is 0 Å². The molecule has 0 radical (unpaired) electrons. The van der Waals surface area contributed by atoms with Gasteiger partial charge in [-0.05, 0) is 53.6 Å². The predicted molar refractivity (Wildman–Crippen MR) is 84.0 cm³/mol. The summed E-state index contributed by atoms with van der Waals surface area (Å²) in [4.78, 5) is 3.97. The van der Waals surface area contributed by atoms with Crippen molar-refractivity contribution >= 4 is 0 Å². The van der Waals surface area contributed by atoms with Gasteiger partial charge in [-0.3, -0.25) is 4.98 Å². The molecule has 0 unspecified atom stereocenters. The molecule has 1 aliphatic heterocycles. The smallest absolute Gasteiger partial charge is 0.126 e. The second kappa shape index (κ2) is 7.62. The first-order valence-electron chi connectivity index (χ1n) is 7.84. The fraction of sp³-hybridized carbons (Fsp3) is 0.389. The summed E-state index contributed by atoms with van der Waals surface area (Å²) in [6.45, 7) is 2.79. The summed E-state index contributed by atoms with van der Waals surface area (Å²) >= 11 is 0. The first-order valence-corrected chi connectivity index (χ1v) is 7.84. The van der Waals surface area contributed by atoms with E-state index in [1.807, 2.05) is 12.1 Å². The molecule has 0 spiro atoms. The van der Waals surface area contributed by atoms with Crippen molar-refractivity contribution in [2.45, 2.75) is 18.9 Å². The Kier molecular flexibility index (Phi) is 5.31. The number of pyridine rings is 1. The summed E-state index contributed by atoms with van der Waals surface area (Å²) in [5.74, 6) is -0.586. The number of hydrogen-bond donors (Lipinski definition) is 1. The van der Waals surface area contributed by atoms with Gasteiger partial charge in [0.15, 0.2) is 0 Å². The maximum atomic E-state index is 13.4. The second-order valence-electron chi connectivity index (χ2n) is 6.03. The van der Waals surface area contributed by atoms with Crippen molar-refractivity contribution in [3.63, 3.8) is 0 Å². The number of nitrogens with one attached hydrogen (secondary N) is 1. The molecule has 0 amide bonds. The van der Waals surface area contributed by atoms with Gasteiger partial charge in [0.1, 0.15) is 11.6 Å². The Labute approximate surface area is 134 Å². The molecule has 122 valence electrons. The highest BCUT2D eigenvalue weighted by atomic mass is 19.1. The minimum atomic E-state index is -0.518. The Hall–Kier alpha value is -1.85. The van der Waals surface area contributed by atoms with Crippen LogP contribution in [0.1, 0.15) is 23.5 Å². The third kappa shape index (κ3) is 4.56. The van der Waals surface area contributed by atoms with Crippen LogP contribution < -0.4 is 5.32 Å². The summed E-state index contributed by atoms with van der Waals surface area (Å²) in [7, 11) is 0. The van der Waals surface area contributed by atoms with Gasteiger partial charge >= 0.3 is 0 Å². The normalized spacial score (nSPS) is 21.3. The van der Waals surface area contributed by atoms with Gasteiger partial charge in [0.05, 0.1) is 13.2 Å². The van der Waals surface area contributed by atoms with Crippen molar-refractivity contribution in [3.05, 3.63) is 65.5 Å². The van der Waals surface area contributed by atoms with E-state index in [-0.39, 0.29) is 5.92 Å². The highest BCUT2D eigenvalue weighted by Gasteiger charge is 2.24. The molecule has 1 saturated heterocycles. The van der Waals surface area contributed by atoms with Crippen LogP contribution in [-0.2, 0) is 11.3 Å². The van der Waals surface area contributed by atoms with Gasteiger partial charge in [0, 0.05) is 31.5 Å². The zero-order valence-electron chi connectivity index (χ0n) is 12.8. The summed E-state index contributed by atoms with van der Waals surface area (Å²) in [5, 5.41) is 3.34. The second-order valence-corrected chi connectivity index (χ2v) is 6.03. The lowest BCUT2D eigenvalue weighted by atomic mass is 9.86. The van der Waals surface area contributed by atoms with Crippen LogP contribution in [0.15, 0.2) is 42.7 Å². The quantitative estimate of drug-likeness (QED) is 0.919. The van der Waals surface area contributed by atoms with Crippen LogP contribution in [0.2, 0.25) is 0 Å². The molecule has 3 rings (SSSR count). The fourth-order valence-corrected chi connectivity index (χ4v) is 3.04. The third-order valence-corrected chi connectivity index (χ3v) is 4.17. The lowest BCUT2D eigenvalue weighted by Gasteiger charge is -2.30. The van der Waals surface area contributed by atoms with Crippen LogP contribution in [0.25, 0.3) is 0 Å². The van der Waals surface area contributed by atoms with E-state index in [9.17, 15) is 8.78 Å². The van der Waals surface area contributed by atoms with Crippen molar-refractivity contribution < 1.29 is 13.5 Å². The number of benzene rings is 1. The summed E-state index contributed by atoms with van der Waals surface area (Å²) in [5.41, 5.74) is 1.81. The molecule has 23 heavy (non-hydrogen) atoms. The number of aromatic nitrogens is 1. The topological polar surface area (TPSA) is 34.1 Å². The van der Waals surface area contributed by atoms with Gasteiger partial charge in [-0.15, -0.1) is 0 Å². The van der Waals surface area contributed by atoms with E-state index in [2.05, 4.69) is 10.3 Å². The number of hydrogen-bond acceptors (Lipinski definition) is 3. The molecule has 5 heteroatoms. The van der Waals surface area contributed by atoms with Crippen molar-refractivity contribution in [2.75, 3.05) is 19.7 Å². The summed E-state index contributed by atoms with van der Waals surface area (Å²) in [6.07, 6.45) is 4.36. The summed E-state index contributed by atoms with van der Waals surface area (Å²) < 4.78 is 32.5. The fourth-order valence-electron chi connectivity index (χ4n) is 3.04. The van der Waals surface area contributed by atoms with E-state index in [1.54, 1.807) is 12.4 Å². The lowest BCUT2D eigenvalue weighted by Crippen LogP contribution is -2.37. The standard InChI is InChI=1S/C18H20F2N2O/c19-17-6-15(7-18(20)8-17)16-5-14(9-22-10-16)12-23-11-13-1-3-21-4-2-13/h1-4,6-8,14,16,22H,5,9-12H2/t14-,16+/m0/s1. The number of ether oxygens (including phenoxy) is 1. The molecule has 1 fully saturated rings. The van der Waals surface area contributed by atoms with Crippen molar-refractivity contribution in [3.8, 4) is 0 Å². The molecule has 1 aromatic heterocycles. The van der Waals surface area contributed by atoms with Crippen LogP contribution in [0.5, 0.6) is 0 Å². The largest absolute Gasteiger partial charge is 0.376 e. The molecule has 3 nitrogen and oxygen atoms in total. The van der Waals surface area contributed by atoms with E-state index >= 15 is 0 Å². The number of piperidine rings is 1. The molecule has 2 aromatic rings. The summed E-state index contributed by atoms with van der Waals surface area (Å²) in [6, 6.07) is 7.62. The maximum absolute atomic E-state index is 13.4. The molecule has 2 heterocycles. The van der Waals surface area contributed by atoms with Gasteiger partial charge in [0.25, 0.3) is 0 Å². The minimum Gasteiger partial charge on any atom is -0.376 e. The molecule has 1 aliphatic rings. The Bertz CT molecular complexity index is 616. The lowest BCUT2D eigenvalue weighted by molar-refractivity contribution is 0.0751. The van der Waals surface area contributed by atoms with Gasteiger partial charge in [-0.25, -0.2) is 8.78 Å². The van der Waals surface area contributed by atoms with Crippen molar-refractivity contribution in [1.82, 2.24) is 10.3 Å². The zero-order valence-corrected chi connectivity index (χ0v) is 12.8. The van der Waals surface area contributed by atoms with Gasteiger partial charge in [0.2, 0.25) is 0 Å².